The van der Waals surface area contributed by atoms with Gasteiger partial charge in [-0.25, -0.2) is 0 Å². The lowest BCUT2D eigenvalue weighted by molar-refractivity contribution is -0.117. The van der Waals surface area contributed by atoms with E-state index in [0.717, 1.165) is 16.9 Å². The molecule has 0 fully saturated rings. The summed E-state index contributed by atoms with van der Waals surface area (Å²) < 4.78 is 5.31. The van der Waals surface area contributed by atoms with Gasteiger partial charge in [-0.3, -0.25) is 4.79 Å². The van der Waals surface area contributed by atoms with E-state index < -0.39 is 0 Å². The molecule has 0 saturated heterocycles. The first-order valence-corrected chi connectivity index (χ1v) is 6.87. The largest absolute Gasteiger partial charge is 0.496 e. The van der Waals surface area contributed by atoms with E-state index >= 15 is 0 Å². The van der Waals surface area contributed by atoms with E-state index in [1.165, 1.54) is 0 Å². The number of benzene rings is 2. The molecule has 1 N–H and O–H groups in total. The zero-order chi connectivity index (χ0) is 15.1. The van der Waals surface area contributed by atoms with Crippen LogP contribution in [0.4, 0.5) is 0 Å². The molecule has 1 atom stereocenters. The van der Waals surface area contributed by atoms with E-state index in [4.69, 9.17) is 4.74 Å². The Balaban J connectivity index is 2.01. The van der Waals surface area contributed by atoms with Crippen LogP contribution in [-0.4, -0.2) is 13.0 Å². The van der Waals surface area contributed by atoms with Gasteiger partial charge in [0.25, 0.3) is 0 Å². The standard InChI is InChI=1S/C18H19NO2/c1-14(16-10-6-7-11-17(16)21-2)19-18(20)13-12-15-8-4-3-5-9-15/h3-14H,1-2H3,(H,19,20)/b13-12+/t14-/m0/s1. The highest BCUT2D eigenvalue weighted by atomic mass is 16.5. The van der Waals surface area contributed by atoms with E-state index in [9.17, 15) is 4.79 Å². The minimum Gasteiger partial charge on any atom is -0.496 e. The first-order valence-electron chi connectivity index (χ1n) is 6.87. The molecule has 0 aliphatic carbocycles. The molecule has 0 aliphatic rings. The second-order valence-electron chi connectivity index (χ2n) is 4.72. The third-order valence-corrected chi connectivity index (χ3v) is 3.19. The van der Waals surface area contributed by atoms with Crippen LogP contribution in [0.1, 0.15) is 24.1 Å². The third kappa shape index (κ3) is 4.21. The number of methoxy groups -OCH3 is 1. The molecule has 0 bridgehead atoms. The van der Waals surface area contributed by atoms with Gasteiger partial charge >= 0.3 is 0 Å². The molecule has 0 aliphatic heterocycles. The van der Waals surface area contributed by atoms with E-state index in [0.29, 0.717) is 0 Å². The first kappa shape index (κ1) is 14.9. The van der Waals surface area contributed by atoms with Gasteiger partial charge in [0, 0.05) is 11.6 Å². The van der Waals surface area contributed by atoms with Crippen molar-refractivity contribution in [3.63, 3.8) is 0 Å². The number of hydrogen-bond acceptors (Lipinski definition) is 2. The molecule has 3 nitrogen and oxygen atoms in total. The Morgan fingerprint density at radius 2 is 1.76 bits per heavy atom. The first-order chi connectivity index (χ1) is 10.2. The van der Waals surface area contributed by atoms with Crippen molar-refractivity contribution in [1.82, 2.24) is 5.32 Å². The highest BCUT2D eigenvalue weighted by Gasteiger charge is 2.11. The van der Waals surface area contributed by atoms with Gasteiger partial charge in [0.15, 0.2) is 0 Å². The van der Waals surface area contributed by atoms with Crippen LogP contribution in [0.5, 0.6) is 5.75 Å². The van der Waals surface area contributed by atoms with Gasteiger partial charge < -0.3 is 10.1 Å². The summed E-state index contributed by atoms with van der Waals surface area (Å²) in [6, 6.07) is 17.3. The predicted molar refractivity (Wildman–Crippen MR) is 85.0 cm³/mol. The van der Waals surface area contributed by atoms with Crippen LogP contribution < -0.4 is 10.1 Å². The van der Waals surface area contributed by atoms with Crippen LogP contribution in [0, 0.1) is 0 Å². The van der Waals surface area contributed by atoms with Crippen LogP contribution >= 0.6 is 0 Å². The second-order valence-corrected chi connectivity index (χ2v) is 4.72. The molecule has 108 valence electrons. The number of carbonyl (C=O) groups is 1. The fourth-order valence-corrected chi connectivity index (χ4v) is 2.10. The van der Waals surface area contributed by atoms with Gasteiger partial charge in [0.2, 0.25) is 5.91 Å². The number of para-hydroxylation sites is 1. The van der Waals surface area contributed by atoms with E-state index in [2.05, 4.69) is 5.32 Å². The molecule has 2 aromatic rings. The highest BCUT2D eigenvalue weighted by Crippen LogP contribution is 2.24. The predicted octanol–water partition coefficient (Wildman–Crippen LogP) is 3.59. The van der Waals surface area contributed by atoms with Crippen LogP contribution in [0.2, 0.25) is 0 Å². The Labute approximate surface area is 125 Å². The second kappa shape index (κ2) is 7.29. The van der Waals surface area contributed by atoms with Gasteiger partial charge in [0.1, 0.15) is 5.75 Å². The zero-order valence-electron chi connectivity index (χ0n) is 12.2. The Morgan fingerprint density at radius 3 is 2.48 bits per heavy atom. The van der Waals surface area contributed by atoms with Crippen LogP contribution in [0.25, 0.3) is 6.08 Å². The summed E-state index contributed by atoms with van der Waals surface area (Å²) in [5.41, 5.74) is 1.96. The Kier molecular flexibility index (Phi) is 5.16. The maximum Gasteiger partial charge on any atom is 0.244 e. The lowest BCUT2D eigenvalue weighted by Gasteiger charge is -2.16. The molecule has 0 unspecified atom stereocenters. The molecular formula is C18H19NO2. The summed E-state index contributed by atoms with van der Waals surface area (Å²) in [6.07, 6.45) is 3.34. The van der Waals surface area contributed by atoms with Crippen molar-refractivity contribution in [2.24, 2.45) is 0 Å². The van der Waals surface area contributed by atoms with E-state index in [1.807, 2.05) is 61.5 Å². The van der Waals surface area contributed by atoms with Crippen molar-refractivity contribution in [3.8, 4) is 5.75 Å². The van der Waals surface area contributed by atoms with E-state index in [-0.39, 0.29) is 11.9 Å². The summed E-state index contributed by atoms with van der Waals surface area (Å²) >= 11 is 0. The highest BCUT2D eigenvalue weighted by molar-refractivity contribution is 5.92. The number of amides is 1. The minimum atomic E-state index is -0.128. The van der Waals surface area contributed by atoms with Gasteiger partial charge in [0.05, 0.1) is 13.2 Å². The van der Waals surface area contributed by atoms with Crippen LogP contribution in [-0.2, 0) is 4.79 Å². The van der Waals surface area contributed by atoms with Gasteiger partial charge in [-0.1, -0.05) is 48.5 Å². The zero-order valence-corrected chi connectivity index (χ0v) is 12.2. The number of nitrogens with one attached hydrogen (secondary N) is 1. The molecule has 0 spiro atoms. The maximum atomic E-state index is 12.0. The number of rotatable bonds is 5. The lowest BCUT2D eigenvalue weighted by atomic mass is 10.1. The molecule has 0 radical (unpaired) electrons. The number of hydrogen-bond donors (Lipinski definition) is 1. The van der Waals surface area contributed by atoms with Crippen molar-refractivity contribution in [1.29, 1.82) is 0 Å². The summed E-state index contributed by atoms with van der Waals surface area (Å²) in [6.45, 7) is 1.94. The van der Waals surface area contributed by atoms with Crippen molar-refractivity contribution >= 4 is 12.0 Å². The Bertz CT molecular complexity index is 620. The van der Waals surface area contributed by atoms with Crippen LogP contribution in [0.3, 0.4) is 0 Å². The molecule has 0 aromatic heterocycles. The molecule has 21 heavy (non-hydrogen) atoms. The quantitative estimate of drug-likeness (QED) is 0.851. The smallest absolute Gasteiger partial charge is 0.244 e. The number of carbonyl (C=O) groups excluding carboxylic acids is 1. The van der Waals surface area contributed by atoms with Gasteiger partial charge in [-0.15, -0.1) is 0 Å². The van der Waals surface area contributed by atoms with Crippen molar-refractivity contribution in [3.05, 3.63) is 71.8 Å². The third-order valence-electron chi connectivity index (χ3n) is 3.19. The summed E-state index contributed by atoms with van der Waals surface area (Å²) in [5, 5.41) is 2.94. The average Bonchev–Trinajstić information content (AvgIpc) is 2.53. The SMILES string of the molecule is COc1ccccc1[C@H](C)NC(=O)/C=C/c1ccccc1. The molecule has 2 rings (SSSR count). The summed E-state index contributed by atoms with van der Waals surface area (Å²) in [5.74, 6) is 0.648. The average molecular weight is 281 g/mol. The van der Waals surface area contributed by atoms with Crippen LogP contribution in [0.15, 0.2) is 60.7 Å². The number of ether oxygens (including phenoxy) is 1. The molecule has 0 saturated carbocycles. The fourth-order valence-electron chi connectivity index (χ4n) is 2.10. The van der Waals surface area contributed by atoms with Gasteiger partial charge in [-0.2, -0.15) is 0 Å². The van der Waals surface area contributed by atoms with Gasteiger partial charge in [-0.05, 0) is 24.6 Å². The molecule has 1 amide bonds. The molecule has 0 heterocycles. The normalized spacial score (nSPS) is 12.1. The monoisotopic (exact) mass is 281 g/mol. The maximum absolute atomic E-state index is 12.0. The topological polar surface area (TPSA) is 38.3 Å². The van der Waals surface area contributed by atoms with E-state index in [1.54, 1.807) is 19.3 Å². The molecule has 2 aromatic carbocycles. The lowest BCUT2D eigenvalue weighted by Crippen LogP contribution is -2.24. The minimum absolute atomic E-state index is 0.117. The molecular weight excluding hydrogens is 262 g/mol. The Morgan fingerprint density at radius 1 is 1.10 bits per heavy atom. The van der Waals surface area contributed by atoms with Crippen molar-refractivity contribution < 1.29 is 9.53 Å². The Hall–Kier alpha value is -2.55. The van der Waals surface area contributed by atoms with Crippen molar-refractivity contribution in [2.75, 3.05) is 7.11 Å². The molecule has 3 heteroatoms. The summed E-state index contributed by atoms with van der Waals surface area (Å²) in [4.78, 5) is 12.0. The summed E-state index contributed by atoms with van der Waals surface area (Å²) in [7, 11) is 1.63. The fraction of sp³-hybridized carbons (Fsp3) is 0.167. The van der Waals surface area contributed by atoms with Crippen molar-refractivity contribution in [2.45, 2.75) is 13.0 Å².